The van der Waals surface area contributed by atoms with Gasteiger partial charge in [-0.1, -0.05) is 60.7 Å². The van der Waals surface area contributed by atoms with E-state index < -0.39 is 0 Å². The van der Waals surface area contributed by atoms with Gasteiger partial charge in [0.15, 0.2) is 0 Å². The number of ether oxygens (including phenoxy) is 1. The number of aryl methyl sites for hydroxylation is 2. The second-order valence-electron chi connectivity index (χ2n) is 9.00. The Morgan fingerprint density at radius 2 is 1.69 bits per heavy atom. The number of amides is 1. The quantitative estimate of drug-likeness (QED) is 0.251. The molecule has 1 aromatic heterocycles. The monoisotopic (exact) mass is 475 g/mol. The van der Waals surface area contributed by atoms with Gasteiger partial charge in [0.2, 0.25) is 5.91 Å². The molecule has 4 aromatic carbocycles. The van der Waals surface area contributed by atoms with Crippen LogP contribution in [0.1, 0.15) is 30.5 Å². The van der Waals surface area contributed by atoms with Crippen molar-refractivity contribution < 1.29 is 13.9 Å². The van der Waals surface area contributed by atoms with Crippen molar-refractivity contribution in [3.63, 3.8) is 0 Å². The molecule has 5 rings (SSSR count). The molecular weight excluding hydrogens is 446 g/mol. The number of anilines is 1. The summed E-state index contributed by atoms with van der Waals surface area (Å²) in [5, 5.41) is 6.33. The molecule has 0 aliphatic heterocycles. The van der Waals surface area contributed by atoms with Crippen molar-refractivity contribution >= 4 is 38.9 Å². The number of benzene rings is 4. The van der Waals surface area contributed by atoms with Gasteiger partial charge in [-0.15, -0.1) is 0 Å². The molecule has 1 heterocycles. The van der Waals surface area contributed by atoms with Gasteiger partial charge < -0.3 is 14.5 Å². The number of allylic oxidation sites excluding steroid dienone is 1. The summed E-state index contributed by atoms with van der Waals surface area (Å²) >= 11 is 0. The number of carbonyl (C=O) groups excluding carboxylic acids is 1. The van der Waals surface area contributed by atoms with Crippen LogP contribution in [0.25, 0.3) is 38.4 Å². The fourth-order valence-corrected chi connectivity index (χ4v) is 4.76. The minimum Gasteiger partial charge on any atom is -0.493 e. The zero-order valence-electron chi connectivity index (χ0n) is 21.0. The van der Waals surface area contributed by atoms with Crippen molar-refractivity contribution in [1.29, 1.82) is 0 Å². The van der Waals surface area contributed by atoms with Gasteiger partial charge in [-0.3, -0.25) is 4.79 Å². The lowest BCUT2D eigenvalue weighted by molar-refractivity contribution is -0.111. The van der Waals surface area contributed by atoms with Gasteiger partial charge in [0.05, 0.1) is 12.9 Å². The second kappa shape index (κ2) is 9.74. The van der Waals surface area contributed by atoms with Crippen molar-refractivity contribution in [3.05, 3.63) is 102 Å². The summed E-state index contributed by atoms with van der Waals surface area (Å²) < 4.78 is 12.2. The molecule has 1 N–H and O–H groups in total. The predicted octanol–water partition coefficient (Wildman–Crippen LogP) is 8.31. The van der Waals surface area contributed by atoms with E-state index in [1.165, 1.54) is 10.8 Å². The van der Waals surface area contributed by atoms with Gasteiger partial charge in [-0.05, 0) is 67.3 Å². The number of furan rings is 1. The van der Waals surface area contributed by atoms with E-state index in [-0.39, 0.29) is 5.91 Å². The highest BCUT2D eigenvalue weighted by Crippen LogP contribution is 2.42. The van der Waals surface area contributed by atoms with Gasteiger partial charge in [-0.2, -0.15) is 0 Å². The maximum absolute atomic E-state index is 12.9. The predicted molar refractivity (Wildman–Crippen MR) is 149 cm³/mol. The maximum atomic E-state index is 12.9. The fraction of sp³-hybridized carbons (Fsp3) is 0.156. The number of para-hydroxylation sites is 1. The van der Waals surface area contributed by atoms with Crippen LogP contribution >= 0.6 is 0 Å². The first kappa shape index (κ1) is 23.4. The third-order valence-corrected chi connectivity index (χ3v) is 6.59. The first-order valence-corrected chi connectivity index (χ1v) is 12.2. The Hall–Kier alpha value is -4.31. The number of hydrogen-bond acceptors (Lipinski definition) is 3. The first-order valence-electron chi connectivity index (χ1n) is 12.2. The summed E-state index contributed by atoms with van der Waals surface area (Å²) in [5.41, 5.74) is 7.36. The molecule has 0 aliphatic rings. The number of carbonyl (C=O) groups is 1. The average Bonchev–Trinajstić information content (AvgIpc) is 3.30. The van der Waals surface area contributed by atoms with Gasteiger partial charge in [0, 0.05) is 33.8 Å². The Bertz CT molecular complexity index is 1620. The largest absolute Gasteiger partial charge is 0.493 e. The summed E-state index contributed by atoms with van der Waals surface area (Å²) in [6.45, 7) is 8.40. The fourth-order valence-electron chi connectivity index (χ4n) is 4.76. The van der Waals surface area contributed by atoms with E-state index in [1.54, 1.807) is 6.08 Å². The van der Waals surface area contributed by atoms with Crippen LogP contribution in [-0.4, -0.2) is 12.5 Å². The minimum atomic E-state index is -0.177. The standard InChI is InChI=1S/C32H29NO3/c1-5-35-31-22(4)32-27(28(19-36-32)25-15-10-13-23-12-7-8-14-24(23)25)18-26(31)21(3)17-30(34)33-29-16-9-6-11-20(29)2/h6-19H,5H2,1-4H3,(H,33,34)/b21-17+. The molecule has 4 heteroatoms. The number of hydrogen-bond donors (Lipinski definition) is 1. The van der Waals surface area contributed by atoms with Crippen molar-refractivity contribution in [1.82, 2.24) is 0 Å². The third kappa shape index (κ3) is 4.27. The van der Waals surface area contributed by atoms with E-state index in [4.69, 9.17) is 9.15 Å². The van der Waals surface area contributed by atoms with E-state index in [0.717, 1.165) is 55.8 Å². The zero-order chi connectivity index (χ0) is 25.2. The lowest BCUT2D eigenvalue weighted by Crippen LogP contribution is -2.10. The summed E-state index contributed by atoms with van der Waals surface area (Å²) in [7, 11) is 0. The zero-order valence-corrected chi connectivity index (χ0v) is 21.0. The highest BCUT2D eigenvalue weighted by molar-refractivity contribution is 6.08. The third-order valence-electron chi connectivity index (χ3n) is 6.59. The molecule has 0 spiro atoms. The van der Waals surface area contributed by atoms with Crippen LogP contribution < -0.4 is 10.1 Å². The van der Waals surface area contributed by atoms with Crippen LogP contribution in [0.4, 0.5) is 5.69 Å². The number of fused-ring (bicyclic) bond motifs is 2. The highest BCUT2D eigenvalue weighted by Gasteiger charge is 2.20. The van der Waals surface area contributed by atoms with Crippen molar-refractivity contribution in [3.8, 4) is 16.9 Å². The molecule has 0 fully saturated rings. The van der Waals surface area contributed by atoms with Crippen molar-refractivity contribution in [2.45, 2.75) is 27.7 Å². The van der Waals surface area contributed by atoms with E-state index in [2.05, 4.69) is 47.8 Å². The molecule has 1 amide bonds. The summed E-state index contributed by atoms with van der Waals surface area (Å²) in [4.78, 5) is 12.9. The second-order valence-corrected chi connectivity index (χ2v) is 9.00. The lowest BCUT2D eigenvalue weighted by atomic mass is 9.94. The summed E-state index contributed by atoms with van der Waals surface area (Å²) in [6, 6.07) is 24.5. The Kier molecular flexibility index (Phi) is 6.34. The van der Waals surface area contributed by atoms with Crippen LogP contribution in [0.15, 0.2) is 89.6 Å². The molecule has 180 valence electrons. The molecular formula is C32H29NO3. The summed E-state index contributed by atoms with van der Waals surface area (Å²) in [5.74, 6) is 0.560. The SMILES string of the molecule is CCOc1c(/C(C)=C/C(=O)Nc2ccccc2C)cc2c(-c3cccc4ccccc34)coc2c1C. The first-order chi connectivity index (χ1) is 17.5. The number of nitrogens with one attached hydrogen (secondary N) is 1. The average molecular weight is 476 g/mol. The van der Waals surface area contributed by atoms with Crippen LogP contribution in [0, 0.1) is 13.8 Å². The van der Waals surface area contributed by atoms with Crippen LogP contribution in [0.3, 0.4) is 0 Å². The Morgan fingerprint density at radius 1 is 0.944 bits per heavy atom. The molecule has 4 nitrogen and oxygen atoms in total. The molecule has 0 saturated heterocycles. The van der Waals surface area contributed by atoms with Gasteiger partial charge in [-0.25, -0.2) is 0 Å². The van der Waals surface area contributed by atoms with E-state index in [9.17, 15) is 4.79 Å². The van der Waals surface area contributed by atoms with Gasteiger partial charge in [0.1, 0.15) is 11.3 Å². The highest BCUT2D eigenvalue weighted by atomic mass is 16.5. The van der Waals surface area contributed by atoms with Gasteiger partial charge >= 0.3 is 0 Å². The normalized spacial score (nSPS) is 11.7. The van der Waals surface area contributed by atoms with E-state index >= 15 is 0 Å². The van der Waals surface area contributed by atoms with E-state index in [0.29, 0.717) is 6.61 Å². The Balaban J connectivity index is 1.63. The lowest BCUT2D eigenvalue weighted by Gasteiger charge is -2.15. The number of rotatable bonds is 6. The van der Waals surface area contributed by atoms with Crippen LogP contribution in [0.2, 0.25) is 0 Å². The molecule has 0 radical (unpaired) electrons. The topological polar surface area (TPSA) is 51.5 Å². The van der Waals surface area contributed by atoms with Crippen LogP contribution in [0.5, 0.6) is 5.75 Å². The smallest absolute Gasteiger partial charge is 0.248 e. The Labute approximate surface area is 211 Å². The van der Waals surface area contributed by atoms with Crippen molar-refractivity contribution in [2.75, 3.05) is 11.9 Å². The summed E-state index contributed by atoms with van der Waals surface area (Å²) in [6.07, 6.45) is 3.45. The molecule has 0 atom stereocenters. The molecule has 0 unspecified atom stereocenters. The van der Waals surface area contributed by atoms with E-state index in [1.807, 2.05) is 64.3 Å². The Morgan fingerprint density at radius 3 is 2.50 bits per heavy atom. The van der Waals surface area contributed by atoms with Gasteiger partial charge in [0.25, 0.3) is 0 Å². The minimum absolute atomic E-state index is 0.177. The molecule has 36 heavy (non-hydrogen) atoms. The molecule has 0 saturated carbocycles. The molecule has 0 bridgehead atoms. The van der Waals surface area contributed by atoms with Crippen molar-refractivity contribution in [2.24, 2.45) is 0 Å². The van der Waals surface area contributed by atoms with Crippen LogP contribution in [-0.2, 0) is 4.79 Å². The molecule has 5 aromatic rings. The molecule has 0 aliphatic carbocycles. The maximum Gasteiger partial charge on any atom is 0.248 e.